The van der Waals surface area contributed by atoms with Crippen molar-refractivity contribution < 1.29 is 14.7 Å². The van der Waals surface area contributed by atoms with E-state index in [9.17, 15) is 14.7 Å². The number of amides is 1. The number of hydrogen-bond donors (Lipinski definition) is 3. The van der Waals surface area contributed by atoms with E-state index in [1.807, 2.05) is 0 Å². The minimum Gasteiger partial charge on any atom is -0.480 e. The Hall–Kier alpha value is -1.10. The minimum atomic E-state index is -1.04. The molecule has 0 saturated heterocycles. The van der Waals surface area contributed by atoms with Crippen LogP contribution < -0.4 is 11.1 Å². The lowest BCUT2D eigenvalue weighted by Gasteiger charge is -2.38. The third-order valence-corrected chi connectivity index (χ3v) is 5.38. The Morgan fingerprint density at radius 2 is 1.48 bits per heavy atom. The van der Waals surface area contributed by atoms with E-state index in [1.54, 1.807) is 0 Å². The molecule has 2 fully saturated rings. The van der Waals surface area contributed by atoms with Crippen LogP contribution in [0.4, 0.5) is 0 Å². The summed E-state index contributed by atoms with van der Waals surface area (Å²) in [6.07, 6.45) is 9.67. The first-order valence-electron chi connectivity index (χ1n) is 8.26. The van der Waals surface area contributed by atoms with E-state index in [1.165, 1.54) is 6.42 Å². The van der Waals surface area contributed by atoms with Crippen LogP contribution in [0.1, 0.15) is 70.6 Å². The van der Waals surface area contributed by atoms with Crippen molar-refractivity contribution in [2.75, 3.05) is 6.54 Å². The number of aliphatic carboxylic acids is 1. The lowest BCUT2D eigenvalue weighted by atomic mass is 9.71. The Morgan fingerprint density at radius 1 is 0.952 bits per heavy atom. The average Bonchev–Trinajstić information content (AvgIpc) is 2.48. The smallest absolute Gasteiger partial charge is 0.329 e. The summed E-state index contributed by atoms with van der Waals surface area (Å²) in [5.41, 5.74) is 4.76. The Bertz CT molecular complexity index is 383. The molecule has 0 aromatic heterocycles. The van der Waals surface area contributed by atoms with Crippen LogP contribution >= 0.6 is 0 Å². The number of nitrogens with one attached hydrogen (secondary N) is 1. The summed E-state index contributed by atoms with van der Waals surface area (Å²) in [4.78, 5) is 24.0. The number of carboxylic acid groups (broad SMARTS) is 1. The van der Waals surface area contributed by atoms with Crippen LogP contribution in [-0.4, -0.2) is 29.1 Å². The number of carbonyl (C=O) groups excluding carboxylic acids is 1. The number of rotatable bonds is 5. The highest BCUT2D eigenvalue weighted by Gasteiger charge is 2.42. The zero-order valence-electron chi connectivity index (χ0n) is 12.8. The molecule has 120 valence electrons. The molecule has 0 heterocycles. The minimum absolute atomic E-state index is 0.114. The van der Waals surface area contributed by atoms with Crippen LogP contribution in [0, 0.1) is 5.41 Å². The maximum Gasteiger partial charge on any atom is 0.329 e. The highest BCUT2D eigenvalue weighted by molar-refractivity contribution is 5.87. The van der Waals surface area contributed by atoms with E-state index in [0.29, 0.717) is 25.8 Å². The molecule has 2 aliphatic rings. The molecule has 4 N–H and O–H groups in total. The number of carboxylic acids is 1. The maximum absolute atomic E-state index is 12.4. The largest absolute Gasteiger partial charge is 0.480 e. The lowest BCUT2D eigenvalue weighted by molar-refractivity contribution is -0.149. The van der Waals surface area contributed by atoms with Crippen LogP contribution in [0.5, 0.6) is 0 Å². The van der Waals surface area contributed by atoms with Gasteiger partial charge in [0.2, 0.25) is 5.91 Å². The standard InChI is InChI=1S/C16H28N2O3/c17-12-15(7-3-1-4-8-15)11-13(19)18-16(14(20)21)9-5-2-6-10-16/h1-12,17H2,(H,18,19)(H,20,21). The quantitative estimate of drug-likeness (QED) is 0.725. The van der Waals surface area contributed by atoms with Crippen molar-refractivity contribution in [3.05, 3.63) is 0 Å². The molecule has 0 aromatic carbocycles. The van der Waals surface area contributed by atoms with Gasteiger partial charge in [-0.25, -0.2) is 4.79 Å². The Morgan fingerprint density at radius 3 is 1.95 bits per heavy atom. The second-order valence-corrected chi connectivity index (χ2v) is 6.94. The third-order valence-electron chi connectivity index (χ3n) is 5.38. The van der Waals surface area contributed by atoms with Crippen molar-refractivity contribution in [1.29, 1.82) is 0 Å². The molecule has 0 bridgehead atoms. The van der Waals surface area contributed by atoms with E-state index < -0.39 is 11.5 Å². The van der Waals surface area contributed by atoms with E-state index in [4.69, 9.17) is 5.73 Å². The molecule has 0 radical (unpaired) electrons. The maximum atomic E-state index is 12.4. The zero-order valence-corrected chi connectivity index (χ0v) is 12.8. The van der Waals surface area contributed by atoms with Crippen LogP contribution in [0.25, 0.3) is 0 Å². The van der Waals surface area contributed by atoms with Gasteiger partial charge in [0.05, 0.1) is 0 Å². The first-order chi connectivity index (χ1) is 10.0. The summed E-state index contributed by atoms with van der Waals surface area (Å²) in [6, 6.07) is 0. The predicted molar refractivity (Wildman–Crippen MR) is 80.8 cm³/mol. The third kappa shape index (κ3) is 3.76. The summed E-state index contributed by atoms with van der Waals surface area (Å²) in [6.45, 7) is 0.514. The summed E-state index contributed by atoms with van der Waals surface area (Å²) < 4.78 is 0. The second kappa shape index (κ2) is 6.77. The molecule has 0 unspecified atom stereocenters. The average molecular weight is 296 g/mol. The second-order valence-electron chi connectivity index (χ2n) is 6.94. The molecule has 0 spiro atoms. The fourth-order valence-electron chi connectivity index (χ4n) is 3.95. The van der Waals surface area contributed by atoms with Gasteiger partial charge in [0.15, 0.2) is 0 Å². The molecule has 5 heteroatoms. The van der Waals surface area contributed by atoms with Crippen LogP contribution in [0.2, 0.25) is 0 Å². The molecule has 0 aliphatic heterocycles. The Labute approximate surface area is 126 Å². The van der Waals surface area contributed by atoms with Gasteiger partial charge in [-0.05, 0) is 37.6 Å². The molecular weight excluding hydrogens is 268 g/mol. The fraction of sp³-hybridized carbons (Fsp3) is 0.875. The number of carbonyl (C=O) groups is 2. The molecular formula is C16H28N2O3. The first-order valence-corrected chi connectivity index (χ1v) is 8.26. The highest BCUT2D eigenvalue weighted by Crippen LogP contribution is 2.39. The lowest BCUT2D eigenvalue weighted by Crippen LogP contribution is -2.56. The normalized spacial score (nSPS) is 24.2. The van der Waals surface area contributed by atoms with Gasteiger partial charge in [-0.2, -0.15) is 0 Å². The molecule has 2 rings (SSSR count). The van der Waals surface area contributed by atoms with Crippen LogP contribution in [0.3, 0.4) is 0 Å². The number of nitrogens with two attached hydrogens (primary N) is 1. The van der Waals surface area contributed by atoms with E-state index in [-0.39, 0.29) is 11.3 Å². The summed E-state index contributed by atoms with van der Waals surface area (Å²) >= 11 is 0. The van der Waals surface area contributed by atoms with Crippen LogP contribution in [-0.2, 0) is 9.59 Å². The van der Waals surface area contributed by atoms with Gasteiger partial charge < -0.3 is 16.2 Å². The van der Waals surface area contributed by atoms with E-state index in [0.717, 1.165) is 44.9 Å². The topological polar surface area (TPSA) is 92.4 Å². The van der Waals surface area contributed by atoms with E-state index in [2.05, 4.69) is 5.32 Å². The molecule has 2 aliphatic carbocycles. The van der Waals surface area contributed by atoms with Gasteiger partial charge >= 0.3 is 5.97 Å². The molecule has 0 aromatic rings. The van der Waals surface area contributed by atoms with Gasteiger partial charge in [-0.1, -0.05) is 38.5 Å². The predicted octanol–water partition coefficient (Wildman–Crippen LogP) is 2.19. The van der Waals surface area contributed by atoms with Gasteiger partial charge in [-0.3, -0.25) is 4.79 Å². The van der Waals surface area contributed by atoms with Crippen molar-refractivity contribution in [2.45, 2.75) is 76.2 Å². The Kier molecular flexibility index (Phi) is 5.25. The molecule has 21 heavy (non-hydrogen) atoms. The van der Waals surface area contributed by atoms with Crippen molar-refractivity contribution in [2.24, 2.45) is 11.1 Å². The van der Waals surface area contributed by atoms with Crippen molar-refractivity contribution in [3.8, 4) is 0 Å². The monoisotopic (exact) mass is 296 g/mol. The van der Waals surface area contributed by atoms with Gasteiger partial charge in [0.25, 0.3) is 0 Å². The summed E-state index contributed by atoms with van der Waals surface area (Å²) in [5.74, 6) is -1.02. The zero-order chi connectivity index (χ0) is 15.3. The van der Waals surface area contributed by atoms with Gasteiger partial charge in [-0.15, -0.1) is 0 Å². The summed E-state index contributed by atoms with van der Waals surface area (Å²) in [5, 5.41) is 12.4. The summed E-state index contributed by atoms with van der Waals surface area (Å²) in [7, 11) is 0. The first kappa shape index (κ1) is 16.3. The highest BCUT2D eigenvalue weighted by atomic mass is 16.4. The van der Waals surface area contributed by atoms with Gasteiger partial charge in [0, 0.05) is 6.42 Å². The molecule has 0 atom stereocenters. The Balaban J connectivity index is 2.00. The van der Waals surface area contributed by atoms with E-state index >= 15 is 0 Å². The van der Waals surface area contributed by atoms with Gasteiger partial charge in [0.1, 0.15) is 5.54 Å². The number of hydrogen-bond acceptors (Lipinski definition) is 3. The van der Waals surface area contributed by atoms with Crippen molar-refractivity contribution >= 4 is 11.9 Å². The van der Waals surface area contributed by atoms with Crippen LogP contribution in [0.15, 0.2) is 0 Å². The SMILES string of the molecule is NCC1(CC(=O)NC2(C(=O)O)CCCCC2)CCCCC1. The fourth-order valence-corrected chi connectivity index (χ4v) is 3.95. The molecule has 5 nitrogen and oxygen atoms in total. The molecule has 2 saturated carbocycles. The van der Waals surface area contributed by atoms with Crippen molar-refractivity contribution in [1.82, 2.24) is 5.32 Å². The molecule has 1 amide bonds. The van der Waals surface area contributed by atoms with Crippen molar-refractivity contribution in [3.63, 3.8) is 0 Å².